The Labute approximate surface area is 115 Å². The van der Waals surface area contributed by atoms with E-state index in [0.29, 0.717) is 6.54 Å². The fourth-order valence-electron chi connectivity index (χ4n) is 2.62. The Morgan fingerprint density at radius 2 is 2.05 bits per heavy atom. The molecule has 1 aliphatic rings. The molecule has 1 aliphatic heterocycles. The monoisotopic (exact) mass is 261 g/mol. The number of rotatable bonds is 3. The number of amides is 1. The summed E-state index contributed by atoms with van der Waals surface area (Å²) in [6.45, 7) is 2.42. The molecule has 0 spiro atoms. The van der Waals surface area contributed by atoms with Crippen LogP contribution in [0.4, 0.5) is 5.69 Å². The van der Waals surface area contributed by atoms with Crippen LogP contribution in [0.1, 0.15) is 18.4 Å². The Bertz CT molecular complexity index is 428. The molecule has 4 heteroatoms. The highest BCUT2D eigenvalue weighted by molar-refractivity contribution is 5.79. The second kappa shape index (κ2) is 6.06. The van der Waals surface area contributed by atoms with Crippen LogP contribution in [-0.4, -0.2) is 38.0 Å². The van der Waals surface area contributed by atoms with Crippen LogP contribution in [0.15, 0.2) is 24.3 Å². The molecule has 1 fully saturated rings. The molecule has 1 heterocycles. The largest absolute Gasteiger partial charge is 0.371 e. The average Bonchev–Trinajstić information content (AvgIpc) is 2.46. The van der Waals surface area contributed by atoms with Crippen molar-refractivity contribution in [2.24, 2.45) is 11.7 Å². The van der Waals surface area contributed by atoms with Crippen molar-refractivity contribution in [2.75, 3.05) is 32.1 Å². The van der Waals surface area contributed by atoms with Gasteiger partial charge in [0.25, 0.3) is 0 Å². The van der Waals surface area contributed by atoms with Gasteiger partial charge >= 0.3 is 0 Å². The molecule has 2 rings (SSSR count). The summed E-state index contributed by atoms with van der Waals surface area (Å²) in [4.78, 5) is 16.1. The van der Waals surface area contributed by atoms with E-state index in [4.69, 9.17) is 5.73 Å². The van der Waals surface area contributed by atoms with Gasteiger partial charge in [-0.15, -0.1) is 0 Å². The molecule has 0 radical (unpaired) electrons. The summed E-state index contributed by atoms with van der Waals surface area (Å²) in [7, 11) is 3.66. The molecule has 1 amide bonds. The summed E-state index contributed by atoms with van der Waals surface area (Å²) >= 11 is 0. The molecular weight excluding hydrogens is 238 g/mol. The SMILES string of the molecule is CN(C)C(=O)[C@H]1CCCN(c2ccc(CN)cc2)C1. The zero-order chi connectivity index (χ0) is 13.8. The number of nitrogens with two attached hydrogens (primary N) is 1. The topological polar surface area (TPSA) is 49.6 Å². The maximum absolute atomic E-state index is 12.1. The van der Waals surface area contributed by atoms with Crippen molar-refractivity contribution in [2.45, 2.75) is 19.4 Å². The van der Waals surface area contributed by atoms with Crippen molar-refractivity contribution < 1.29 is 4.79 Å². The number of benzene rings is 1. The molecule has 4 nitrogen and oxygen atoms in total. The lowest BCUT2D eigenvalue weighted by Crippen LogP contribution is -2.42. The highest BCUT2D eigenvalue weighted by Crippen LogP contribution is 2.24. The van der Waals surface area contributed by atoms with E-state index in [1.54, 1.807) is 4.90 Å². The van der Waals surface area contributed by atoms with Crippen LogP contribution in [0.3, 0.4) is 0 Å². The highest BCUT2D eigenvalue weighted by atomic mass is 16.2. The third kappa shape index (κ3) is 3.26. The zero-order valence-corrected chi connectivity index (χ0v) is 11.8. The summed E-state index contributed by atoms with van der Waals surface area (Å²) in [6.07, 6.45) is 2.07. The van der Waals surface area contributed by atoms with Gasteiger partial charge in [-0.05, 0) is 30.5 Å². The standard InChI is InChI=1S/C15H23N3O/c1-17(2)15(19)13-4-3-9-18(11-13)14-7-5-12(10-16)6-8-14/h5-8,13H,3-4,9-11,16H2,1-2H3/t13-/m0/s1. The molecule has 2 N–H and O–H groups in total. The van der Waals surface area contributed by atoms with Crippen molar-refractivity contribution in [1.29, 1.82) is 0 Å². The molecule has 1 atom stereocenters. The van der Waals surface area contributed by atoms with Crippen LogP contribution >= 0.6 is 0 Å². The Morgan fingerprint density at radius 3 is 2.63 bits per heavy atom. The predicted octanol–water partition coefficient (Wildman–Crippen LogP) is 1.45. The molecule has 1 saturated heterocycles. The minimum atomic E-state index is 0.123. The molecule has 0 saturated carbocycles. The van der Waals surface area contributed by atoms with E-state index in [2.05, 4.69) is 29.2 Å². The van der Waals surface area contributed by atoms with Crippen molar-refractivity contribution in [1.82, 2.24) is 4.90 Å². The number of anilines is 1. The van der Waals surface area contributed by atoms with Gasteiger partial charge < -0.3 is 15.5 Å². The second-order valence-electron chi connectivity index (χ2n) is 5.39. The Balaban J connectivity index is 2.05. The average molecular weight is 261 g/mol. The van der Waals surface area contributed by atoms with Gasteiger partial charge in [0.2, 0.25) is 5.91 Å². The van der Waals surface area contributed by atoms with E-state index in [1.165, 1.54) is 5.69 Å². The minimum Gasteiger partial charge on any atom is -0.371 e. The maximum Gasteiger partial charge on any atom is 0.226 e. The van der Waals surface area contributed by atoms with Gasteiger partial charge in [-0.25, -0.2) is 0 Å². The summed E-state index contributed by atoms with van der Waals surface area (Å²) in [5, 5.41) is 0. The first-order valence-electron chi connectivity index (χ1n) is 6.87. The normalized spacial score (nSPS) is 19.3. The van der Waals surface area contributed by atoms with Crippen LogP contribution in [0.5, 0.6) is 0 Å². The smallest absolute Gasteiger partial charge is 0.226 e. The molecule has 104 valence electrons. The molecule has 1 aromatic rings. The fourth-order valence-corrected chi connectivity index (χ4v) is 2.62. The number of carbonyl (C=O) groups is 1. The first-order chi connectivity index (χ1) is 9.11. The first-order valence-corrected chi connectivity index (χ1v) is 6.87. The quantitative estimate of drug-likeness (QED) is 0.896. The van der Waals surface area contributed by atoms with E-state index < -0.39 is 0 Å². The number of nitrogens with zero attached hydrogens (tertiary/aromatic N) is 2. The first kappa shape index (κ1) is 13.9. The summed E-state index contributed by atoms with van der Waals surface area (Å²) in [5.74, 6) is 0.362. The van der Waals surface area contributed by atoms with Gasteiger partial charge in [-0.2, -0.15) is 0 Å². The van der Waals surface area contributed by atoms with Crippen LogP contribution < -0.4 is 10.6 Å². The summed E-state index contributed by atoms with van der Waals surface area (Å²) in [6, 6.07) is 8.33. The molecule has 0 bridgehead atoms. The van der Waals surface area contributed by atoms with Crippen LogP contribution in [0.2, 0.25) is 0 Å². The predicted molar refractivity (Wildman–Crippen MR) is 78.0 cm³/mol. The molecular formula is C15H23N3O. The van der Waals surface area contributed by atoms with Gasteiger partial charge in [-0.1, -0.05) is 12.1 Å². The van der Waals surface area contributed by atoms with Crippen molar-refractivity contribution in [3.05, 3.63) is 29.8 Å². The zero-order valence-electron chi connectivity index (χ0n) is 11.8. The number of piperidine rings is 1. The number of hydrogen-bond donors (Lipinski definition) is 1. The lowest BCUT2D eigenvalue weighted by molar-refractivity contribution is -0.133. The second-order valence-corrected chi connectivity index (χ2v) is 5.39. The molecule has 19 heavy (non-hydrogen) atoms. The van der Waals surface area contributed by atoms with E-state index in [1.807, 2.05) is 14.1 Å². The Kier molecular flexibility index (Phi) is 4.43. The van der Waals surface area contributed by atoms with Crippen molar-refractivity contribution in [3.63, 3.8) is 0 Å². The van der Waals surface area contributed by atoms with E-state index >= 15 is 0 Å². The minimum absolute atomic E-state index is 0.123. The van der Waals surface area contributed by atoms with Gasteiger partial charge in [0.15, 0.2) is 0 Å². The summed E-state index contributed by atoms with van der Waals surface area (Å²) in [5.41, 5.74) is 7.94. The van der Waals surface area contributed by atoms with Gasteiger partial charge in [0.05, 0.1) is 5.92 Å². The van der Waals surface area contributed by atoms with Gasteiger partial charge in [0.1, 0.15) is 0 Å². The Morgan fingerprint density at radius 1 is 1.37 bits per heavy atom. The number of carbonyl (C=O) groups excluding carboxylic acids is 1. The van der Waals surface area contributed by atoms with Crippen LogP contribution in [0, 0.1) is 5.92 Å². The number of hydrogen-bond acceptors (Lipinski definition) is 3. The fraction of sp³-hybridized carbons (Fsp3) is 0.533. The summed E-state index contributed by atoms with van der Waals surface area (Å²) < 4.78 is 0. The molecule has 0 aromatic heterocycles. The molecule has 0 unspecified atom stereocenters. The van der Waals surface area contributed by atoms with Crippen LogP contribution in [0.25, 0.3) is 0 Å². The van der Waals surface area contributed by atoms with Gasteiger partial charge in [0, 0.05) is 39.4 Å². The highest BCUT2D eigenvalue weighted by Gasteiger charge is 2.26. The van der Waals surface area contributed by atoms with Crippen molar-refractivity contribution in [3.8, 4) is 0 Å². The Hall–Kier alpha value is -1.55. The van der Waals surface area contributed by atoms with Crippen LogP contribution in [-0.2, 0) is 11.3 Å². The van der Waals surface area contributed by atoms with Crippen molar-refractivity contribution >= 4 is 11.6 Å². The van der Waals surface area contributed by atoms with Gasteiger partial charge in [-0.3, -0.25) is 4.79 Å². The third-order valence-electron chi connectivity index (χ3n) is 3.75. The molecule has 0 aliphatic carbocycles. The van der Waals surface area contributed by atoms with E-state index in [0.717, 1.165) is 31.5 Å². The maximum atomic E-state index is 12.1. The lowest BCUT2D eigenvalue weighted by Gasteiger charge is -2.34. The van der Waals surface area contributed by atoms with E-state index in [-0.39, 0.29) is 11.8 Å². The van der Waals surface area contributed by atoms with E-state index in [9.17, 15) is 4.79 Å². The lowest BCUT2D eigenvalue weighted by atomic mass is 9.96. The third-order valence-corrected chi connectivity index (χ3v) is 3.75. The molecule has 1 aromatic carbocycles.